The van der Waals surface area contributed by atoms with Crippen molar-refractivity contribution in [2.45, 2.75) is 32.9 Å². The van der Waals surface area contributed by atoms with Crippen LogP contribution < -0.4 is 26.6 Å². The van der Waals surface area contributed by atoms with Gasteiger partial charge in [0, 0.05) is 60.8 Å². The highest BCUT2D eigenvalue weighted by molar-refractivity contribution is 6.07. The highest BCUT2D eigenvalue weighted by Crippen LogP contribution is 2.28. The van der Waals surface area contributed by atoms with Gasteiger partial charge in [-0.1, -0.05) is 0 Å². The molecule has 0 aliphatic carbocycles. The van der Waals surface area contributed by atoms with Gasteiger partial charge in [-0.05, 0) is 63.2 Å². The fourth-order valence-corrected chi connectivity index (χ4v) is 4.06. The average Bonchev–Trinajstić information content (AvgIpc) is 2.97. The number of carbonyl (C=O) groups excluding carboxylic acids is 1. The Morgan fingerprint density at radius 3 is 2.45 bits per heavy atom. The van der Waals surface area contributed by atoms with E-state index < -0.39 is 40.9 Å². The van der Waals surface area contributed by atoms with Crippen molar-refractivity contribution in [2.75, 3.05) is 11.9 Å². The minimum Gasteiger partial charge on any atom is -0.454 e. The van der Waals surface area contributed by atoms with E-state index in [2.05, 4.69) is 15.6 Å². The second-order valence-electron chi connectivity index (χ2n) is 10.0. The van der Waals surface area contributed by atoms with Crippen molar-refractivity contribution < 1.29 is 23.4 Å². The minimum absolute atomic E-state index is 0.0171. The van der Waals surface area contributed by atoms with Crippen LogP contribution in [0.4, 0.5) is 14.5 Å². The molecule has 2 heterocycles. The van der Waals surface area contributed by atoms with Gasteiger partial charge in [0.1, 0.15) is 17.1 Å². The summed E-state index contributed by atoms with van der Waals surface area (Å²) in [5.74, 6) is -2.21. The molecule has 11 nitrogen and oxygen atoms in total. The van der Waals surface area contributed by atoms with Gasteiger partial charge in [-0.3, -0.25) is 19.1 Å². The minimum atomic E-state index is -0.927. The third-order valence-electron chi connectivity index (χ3n) is 6.27. The molecule has 2 aromatic heterocycles. The van der Waals surface area contributed by atoms with Crippen molar-refractivity contribution in [3.05, 3.63) is 117 Å². The van der Waals surface area contributed by atoms with Crippen LogP contribution in [0.5, 0.6) is 11.5 Å². The van der Waals surface area contributed by atoms with Gasteiger partial charge in [-0.25, -0.2) is 18.1 Å². The normalized spacial score (nSPS) is 12.1. The van der Waals surface area contributed by atoms with Crippen LogP contribution in [0.3, 0.4) is 0 Å². The molecule has 228 valence electrons. The monoisotopic (exact) mass is 604 g/mol. The van der Waals surface area contributed by atoms with Crippen molar-refractivity contribution >= 4 is 23.4 Å². The number of hydrogen-bond donors (Lipinski definition) is 4. The first-order valence-corrected chi connectivity index (χ1v) is 13.5. The summed E-state index contributed by atoms with van der Waals surface area (Å²) in [7, 11) is 0. The highest BCUT2D eigenvalue weighted by Gasteiger charge is 2.20. The summed E-state index contributed by atoms with van der Waals surface area (Å²) in [5, 5.41) is 22.4. The van der Waals surface area contributed by atoms with Crippen LogP contribution in [0.2, 0.25) is 0 Å². The predicted octanol–water partition coefficient (Wildman–Crippen LogP) is 4.26. The highest BCUT2D eigenvalue weighted by atomic mass is 19.1. The van der Waals surface area contributed by atoms with Crippen LogP contribution in [0.25, 0.3) is 11.3 Å². The summed E-state index contributed by atoms with van der Waals surface area (Å²) in [5.41, 5.74) is -1.15. The van der Waals surface area contributed by atoms with Gasteiger partial charge in [0.05, 0.1) is 17.5 Å². The number of pyridine rings is 1. The first-order valence-electron chi connectivity index (χ1n) is 13.5. The van der Waals surface area contributed by atoms with E-state index in [0.717, 1.165) is 35.2 Å². The molecule has 0 aliphatic heterocycles. The summed E-state index contributed by atoms with van der Waals surface area (Å²) in [4.78, 5) is 43.7. The van der Waals surface area contributed by atoms with E-state index in [9.17, 15) is 23.9 Å². The number of nitrogens with one attached hydrogen (secondary N) is 3. The summed E-state index contributed by atoms with van der Waals surface area (Å²) in [6, 6.07) is 10.9. The third-order valence-corrected chi connectivity index (χ3v) is 6.27. The smallest absolute Gasteiger partial charge is 0.335 e. The Balaban J connectivity index is 1.57. The number of hydrogen-bond acceptors (Lipinski definition) is 8. The fraction of sp³-hybridized carbons (Fsp3) is 0.194. The molecule has 4 aromatic rings. The summed E-state index contributed by atoms with van der Waals surface area (Å²) >= 11 is 0. The number of carbonyl (C=O) groups is 1. The number of ether oxygens (including phenoxy) is 1. The summed E-state index contributed by atoms with van der Waals surface area (Å²) < 4.78 is 36.2. The van der Waals surface area contributed by atoms with E-state index in [1.54, 1.807) is 20.8 Å². The Hall–Kier alpha value is -5.43. The van der Waals surface area contributed by atoms with Gasteiger partial charge < -0.3 is 25.9 Å². The molecule has 44 heavy (non-hydrogen) atoms. The van der Waals surface area contributed by atoms with Gasteiger partial charge in [0.2, 0.25) is 0 Å². The number of allylic oxidation sites excluding steroid dienone is 1. The topological polar surface area (TPSA) is 151 Å². The molecule has 0 fully saturated rings. The molecule has 0 saturated heterocycles. The fourth-order valence-electron chi connectivity index (χ4n) is 4.06. The number of aliphatic hydroxyl groups excluding tert-OH is 1. The number of aliphatic hydroxyl groups is 1. The van der Waals surface area contributed by atoms with Crippen molar-refractivity contribution in [2.24, 2.45) is 0 Å². The molecule has 0 spiro atoms. The van der Waals surface area contributed by atoms with Gasteiger partial charge >= 0.3 is 5.69 Å². The molecule has 0 radical (unpaired) electrons. The molecule has 13 heteroatoms. The lowest BCUT2D eigenvalue weighted by Crippen LogP contribution is -2.42. The van der Waals surface area contributed by atoms with Crippen LogP contribution in [0.15, 0.2) is 82.8 Å². The van der Waals surface area contributed by atoms with Crippen LogP contribution in [0, 0.1) is 17.0 Å². The molecule has 1 unspecified atom stereocenters. The number of benzene rings is 2. The number of aromatic nitrogens is 3. The number of rotatable bonds is 11. The van der Waals surface area contributed by atoms with E-state index in [4.69, 9.17) is 10.1 Å². The van der Waals surface area contributed by atoms with Crippen LogP contribution in [0.1, 0.15) is 42.9 Å². The zero-order valence-corrected chi connectivity index (χ0v) is 24.0. The second kappa shape index (κ2) is 13.7. The zero-order chi connectivity index (χ0) is 32.0. The maximum Gasteiger partial charge on any atom is 0.335 e. The largest absolute Gasteiger partial charge is 0.454 e. The quantitative estimate of drug-likeness (QED) is 0.187. The molecular weight excluding hydrogens is 574 g/mol. The van der Waals surface area contributed by atoms with E-state index in [1.165, 1.54) is 53.4 Å². The molecule has 1 amide bonds. The maximum atomic E-state index is 15.1. The van der Waals surface area contributed by atoms with E-state index >= 15 is 4.39 Å². The van der Waals surface area contributed by atoms with Gasteiger partial charge in [-0.15, -0.1) is 0 Å². The van der Waals surface area contributed by atoms with Gasteiger partial charge in [-0.2, -0.15) is 0 Å². The predicted molar refractivity (Wildman–Crippen MR) is 162 cm³/mol. The van der Waals surface area contributed by atoms with E-state index in [0.29, 0.717) is 11.3 Å². The first-order chi connectivity index (χ1) is 21.0. The Morgan fingerprint density at radius 2 is 1.82 bits per heavy atom. The van der Waals surface area contributed by atoms with Crippen molar-refractivity contribution in [3.8, 4) is 17.2 Å². The van der Waals surface area contributed by atoms with Crippen molar-refractivity contribution in [1.82, 2.24) is 19.4 Å². The maximum absolute atomic E-state index is 15.1. The number of nitrogens with zero attached hydrogens (tertiary/aromatic N) is 3. The molecule has 4 N–H and O–H groups in total. The SMILES string of the molecule is CC(O)CN/C=C(\C=N)c1cc(Oc2ccc(NC(=O)c3cn(C(C)C)c(=O)n(-c4ccc(F)cc4)c3=O)cc2F)ccn1. The Labute approximate surface area is 250 Å². The zero-order valence-electron chi connectivity index (χ0n) is 24.0. The Kier molecular flexibility index (Phi) is 9.81. The molecule has 2 aromatic carbocycles. The molecule has 0 saturated carbocycles. The molecule has 0 bridgehead atoms. The molecule has 0 aliphatic rings. The van der Waals surface area contributed by atoms with Crippen LogP contribution >= 0.6 is 0 Å². The van der Waals surface area contributed by atoms with E-state index in [1.807, 2.05) is 0 Å². The average molecular weight is 605 g/mol. The van der Waals surface area contributed by atoms with Crippen LogP contribution in [-0.4, -0.2) is 44.0 Å². The Bertz CT molecular complexity index is 1830. The van der Waals surface area contributed by atoms with E-state index in [-0.39, 0.29) is 35.0 Å². The number of anilines is 1. The summed E-state index contributed by atoms with van der Waals surface area (Å²) in [6.07, 6.45) is 4.56. The lowest BCUT2D eigenvalue weighted by atomic mass is 10.2. The third kappa shape index (κ3) is 7.31. The Morgan fingerprint density at radius 1 is 1.09 bits per heavy atom. The molecule has 1 atom stereocenters. The molecular formula is C31H30F2N6O5. The first kappa shape index (κ1) is 31.5. The lowest BCUT2D eigenvalue weighted by Gasteiger charge is -2.16. The number of amides is 1. The van der Waals surface area contributed by atoms with Crippen molar-refractivity contribution in [1.29, 1.82) is 5.41 Å². The van der Waals surface area contributed by atoms with Gasteiger partial charge in [0.25, 0.3) is 11.5 Å². The standard InChI is InChI=1S/C31H30F2N6O5/c1-18(2)38-17-25(30(42)39(31(38)43)23-7-4-21(32)5-8-23)29(41)37-22-6-9-28(26(33)12-22)44-24-10-11-36-27(13-24)20(14-34)16-35-15-19(3)40/h4-14,16-19,34-35,40H,15H2,1-3H3,(H,37,41)/b20-16+,34-14?. The summed E-state index contributed by atoms with van der Waals surface area (Å²) in [6.45, 7) is 5.27. The lowest BCUT2D eigenvalue weighted by molar-refractivity contribution is 0.102. The number of halogens is 2. The van der Waals surface area contributed by atoms with Gasteiger partial charge in [0.15, 0.2) is 11.6 Å². The molecule has 4 rings (SSSR count). The second-order valence-corrected chi connectivity index (χ2v) is 10.0. The van der Waals surface area contributed by atoms with Crippen molar-refractivity contribution in [3.63, 3.8) is 0 Å². The van der Waals surface area contributed by atoms with Crippen LogP contribution in [-0.2, 0) is 0 Å².